The van der Waals surface area contributed by atoms with Crippen LogP contribution in [-0.2, 0) is 16.1 Å². The highest BCUT2D eigenvalue weighted by Gasteiger charge is 2.35. The fourth-order valence-corrected chi connectivity index (χ4v) is 4.17. The summed E-state index contributed by atoms with van der Waals surface area (Å²) in [6.45, 7) is 0.664. The molecular weight excluding hydrogens is 432 g/mol. The number of nitrogens with zero attached hydrogens (tertiary/aromatic N) is 1. The van der Waals surface area contributed by atoms with Crippen LogP contribution >= 0.6 is 0 Å². The van der Waals surface area contributed by atoms with Crippen LogP contribution in [0.4, 0.5) is 10.5 Å². The van der Waals surface area contributed by atoms with Crippen LogP contribution in [-0.4, -0.2) is 43.7 Å². The first-order chi connectivity index (χ1) is 16.6. The number of benzene rings is 3. The maximum Gasteiger partial charge on any atom is 0.410 e. The van der Waals surface area contributed by atoms with Gasteiger partial charge in [-0.15, -0.1) is 0 Å². The van der Waals surface area contributed by atoms with E-state index in [-0.39, 0.29) is 12.5 Å². The number of ether oxygens (including phenoxy) is 3. The molecule has 0 spiro atoms. The molecule has 1 heterocycles. The Kier molecular flexibility index (Phi) is 7.32. The van der Waals surface area contributed by atoms with E-state index in [1.807, 2.05) is 72.8 Å². The number of hydrogen-bond acceptors (Lipinski definition) is 5. The van der Waals surface area contributed by atoms with Gasteiger partial charge in [-0.25, -0.2) is 4.79 Å². The van der Waals surface area contributed by atoms with Crippen LogP contribution in [0.15, 0.2) is 72.8 Å². The molecule has 34 heavy (non-hydrogen) atoms. The zero-order valence-electron chi connectivity index (χ0n) is 19.3. The SMILES string of the molecule is COc1cccc(OC)c1-c1cccc(NC(=O)C2CCCN2C(=O)OCc2ccccc2)c1. The Labute approximate surface area is 199 Å². The van der Waals surface area contributed by atoms with Gasteiger partial charge in [0.1, 0.15) is 24.1 Å². The van der Waals surface area contributed by atoms with Gasteiger partial charge in [-0.1, -0.05) is 48.5 Å². The van der Waals surface area contributed by atoms with Gasteiger partial charge in [-0.2, -0.15) is 0 Å². The Bertz CT molecular complexity index is 1130. The minimum atomic E-state index is -0.576. The lowest BCUT2D eigenvalue weighted by Crippen LogP contribution is -2.43. The van der Waals surface area contributed by atoms with Gasteiger partial charge in [-0.3, -0.25) is 9.69 Å². The second-order valence-corrected chi connectivity index (χ2v) is 8.00. The molecule has 1 aliphatic rings. The van der Waals surface area contributed by atoms with Crippen molar-refractivity contribution in [3.8, 4) is 22.6 Å². The molecule has 1 N–H and O–H groups in total. The molecule has 0 aromatic heterocycles. The second-order valence-electron chi connectivity index (χ2n) is 8.00. The molecule has 1 saturated heterocycles. The Morgan fingerprint density at radius 3 is 2.35 bits per heavy atom. The monoisotopic (exact) mass is 460 g/mol. The van der Waals surface area contributed by atoms with Crippen molar-refractivity contribution in [2.24, 2.45) is 0 Å². The summed E-state index contributed by atoms with van der Waals surface area (Å²) in [4.78, 5) is 27.3. The molecule has 0 saturated carbocycles. The number of carbonyl (C=O) groups excluding carboxylic acids is 2. The molecule has 3 aromatic rings. The first-order valence-electron chi connectivity index (χ1n) is 11.2. The van der Waals surface area contributed by atoms with E-state index in [2.05, 4.69) is 5.32 Å². The summed E-state index contributed by atoms with van der Waals surface area (Å²) in [6, 6.07) is 22.0. The predicted molar refractivity (Wildman–Crippen MR) is 130 cm³/mol. The first-order valence-corrected chi connectivity index (χ1v) is 11.2. The standard InChI is InChI=1S/C27H28N2O5/c1-32-23-14-7-15-24(33-2)25(23)20-11-6-12-21(17-20)28-26(30)22-13-8-16-29(22)27(31)34-18-19-9-4-3-5-10-19/h3-7,9-12,14-15,17,22H,8,13,16,18H2,1-2H3,(H,28,30). The fraction of sp³-hybridized carbons (Fsp3) is 0.259. The van der Waals surface area contributed by atoms with Gasteiger partial charge >= 0.3 is 6.09 Å². The number of likely N-dealkylation sites (tertiary alicyclic amines) is 1. The average molecular weight is 461 g/mol. The van der Waals surface area contributed by atoms with E-state index < -0.39 is 12.1 Å². The molecule has 1 atom stereocenters. The molecule has 7 nitrogen and oxygen atoms in total. The quantitative estimate of drug-likeness (QED) is 0.530. The van der Waals surface area contributed by atoms with Crippen molar-refractivity contribution in [3.05, 3.63) is 78.4 Å². The lowest BCUT2D eigenvalue weighted by atomic mass is 10.0. The van der Waals surface area contributed by atoms with Crippen LogP contribution in [0.5, 0.6) is 11.5 Å². The van der Waals surface area contributed by atoms with Crippen molar-refractivity contribution >= 4 is 17.7 Å². The number of anilines is 1. The van der Waals surface area contributed by atoms with Crippen LogP contribution in [0, 0.1) is 0 Å². The molecule has 1 fully saturated rings. The van der Waals surface area contributed by atoms with E-state index in [0.717, 1.165) is 23.1 Å². The molecule has 0 bridgehead atoms. The third-order valence-electron chi connectivity index (χ3n) is 5.84. The van der Waals surface area contributed by atoms with Crippen LogP contribution in [0.25, 0.3) is 11.1 Å². The molecule has 176 valence electrons. The van der Waals surface area contributed by atoms with Crippen molar-refractivity contribution in [3.63, 3.8) is 0 Å². The Hall–Kier alpha value is -4.00. The minimum absolute atomic E-state index is 0.174. The highest BCUT2D eigenvalue weighted by molar-refractivity contribution is 5.97. The predicted octanol–water partition coefficient (Wildman–Crippen LogP) is 5.11. The van der Waals surface area contributed by atoms with Gasteiger partial charge in [0.05, 0.1) is 19.8 Å². The van der Waals surface area contributed by atoms with Crippen LogP contribution in [0.3, 0.4) is 0 Å². The summed E-state index contributed by atoms with van der Waals surface area (Å²) in [5, 5.41) is 2.96. The number of amides is 2. The van der Waals surface area contributed by atoms with E-state index in [1.165, 1.54) is 4.90 Å². The summed E-state index contributed by atoms with van der Waals surface area (Å²) in [5.74, 6) is 1.11. The van der Waals surface area contributed by atoms with Crippen molar-refractivity contribution in [1.29, 1.82) is 0 Å². The number of carbonyl (C=O) groups is 2. The molecule has 7 heteroatoms. The minimum Gasteiger partial charge on any atom is -0.496 e. The smallest absolute Gasteiger partial charge is 0.410 e. The molecule has 3 aromatic carbocycles. The third kappa shape index (κ3) is 5.14. The second kappa shape index (κ2) is 10.7. The zero-order valence-corrected chi connectivity index (χ0v) is 19.3. The molecule has 4 rings (SSSR count). The lowest BCUT2D eigenvalue weighted by Gasteiger charge is -2.23. The third-order valence-corrected chi connectivity index (χ3v) is 5.84. The molecule has 0 radical (unpaired) electrons. The van der Waals surface area contributed by atoms with Gasteiger partial charge in [0.15, 0.2) is 0 Å². The highest BCUT2D eigenvalue weighted by Crippen LogP contribution is 2.39. The Morgan fingerprint density at radius 2 is 1.65 bits per heavy atom. The Balaban J connectivity index is 1.46. The van der Waals surface area contributed by atoms with E-state index in [0.29, 0.717) is 30.2 Å². The summed E-state index contributed by atoms with van der Waals surface area (Å²) >= 11 is 0. The first kappa shape index (κ1) is 23.2. The summed E-state index contributed by atoms with van der Waals surface area (Å²) in [5.41, 5.74) is 3.17. The largest absolute Gasteiger partial charge is 0.496 e. The summed E-state index contributed by atoms with van der Waals surface area (Å²) in [6.07, 6.45) is 0.859. The maximum absolute atomic E-state index is 13.1. The van der Waals surface area contributed by atoms with Gasteiger partial charge in [0.25, 0.3) is 0 Å². The van der Waals surface area contributed by atoms with Crippen molar-refractivity contribution in [2.45, 2.75) is 25.5 Å². The van der Waals surface area contributed by atoms with E-state index >= 15 is 0 Å². The molecule has 2 amide bonds. The van der Waals surface area contributed by atoms with E-state index in [4.69, 9.17) is 14.2 Å². The van der Waals surface area contributed by atoms with Crippen LogP contribution < -0.4 is 14.8 Å². The molecular formula is C27H28N2O5. The normalized spacial score (nSPS) is 15.0. The average Bonchev–Trinajstić information content (AvgIpc) is 3.38. The molecule has 1 aliphatic heterocycles. The number of rotatable bonds is 7. The lowest BCUT2D eigenvalue weighted by molar-refractivity contribution is -0.120. The Morgan fingerprint density at radius 1 is 0.941 bits per heavy atom. The van der Waals surface area contributed by atoms with Gasteiger partial charge in [-0.05, 0) is 48.2 Å². The topological polar surface area (TPSA) is 77.1 Å². The van der Waals surface area contributed by atoms with Crippen LogP contribution in [0.2, 0.25) is 0 Å². The van der Waals surface area contributed by atoms with Crippen molar-refractivity contribution < 1.29 is 23.8 Å². The fourth-order valence-electron chi connectivity index (χ4n) is 4.17. The van der Waals surface area contributed by atoms with E-state index in [9.17, 15) is 9.59 Å². The maximum atomic E-state index is 13.1. The van der Waals surface area contributed by atoms with Gasteiger partial charge in [0.2, 0.25) is 5.91 Å². The van der Waals surface area contributed by atoms with Crippen molar-refractivity contribution in [2.75, 3.05) is 26.1 Å². The zero-order chi connectivity index (χ0) is 23.9. The number of hydrogen-bond donors (Lipinski definition) is 1. The van der Waals surface area contributed by atoms with E-state index in [1.54, 1.807) is 14.2 Å². The summed E-state index contributed by atoms with van der Waals surface area (Å²) < 4.78 is 16.5. The molecule has 1 unspecified atom stereocenters. The molecule has 0 aliphatic carbocycles. The number of methoxy groups -OCH3 is 2. The van der Waals surface area contributed by atoms with Gasteiger partial charge in [0, 0.05) is 12.2 Å². The van der Waals surface area contributed by atoms with Crippen molar-refractivity contribution in [1.82, 2.24) is 4.90 Å². The van der Waals surface area contributed by atoms with Gasteiger partial charge < -0.3 is 19.5 Å². The highest BCUT2D eigenvalue weighted by atomic mass is 16.6. The number of nitrogens with one attached hydrogen (secondary N) is 1. The van der Waals surface area contributed by atoms with Crippen LogP contribution in [0.1, 0.15) is 18.4 Å². The summed E-state index contributed by atoms with van der Waals surface area (Å²) in [7, 11) is 3.21.